The van der Waals surface area contributed by atoms with E-state index >= 15 is 0 Å². The van der Waals surface area contributed by atoms with E-state index in [1.807, 2.05) is 31.3 Å². The molecule has 3 nitrogen and oxygen atoms in total. The molecule has 0 atom stereocenters. The fraction of sp³-hybridized carbons (Fsp3) is 0.500. The summed E-state index contributed by atoms with van der Waals surface area (Å²) in [5, 5.41) is 4.14. The van der Waals surface area contributed by atoms with Crippen molar-refractivity contribution in [3.05, 3.63) is 34.9 Å². The highest BCUT2D eigenvalue weighted by Crippen LogP contribution is 2.16. The van der Waals surface area contributed by atoms with Gasteiger partial charge >= 0.3 is 0 Å². The number of hydrogen-bond acceptors (Lipinski definition) is 1. The minimum atomic E-state index is 0.593. The first kappa shape index (κ1) is 14.8. The molecule has 0 saturated heterocycles. The van der Waals surface area contributed by atoms with Crippen LogP contribution in [-0.2, 0) is 6.54 Å². The standard InChI is InChI=1S/C14H22ClN3/c1-11(2)9-17-14(16-3)18(4)10-12-7-5-6-8-13(12)15/h5-8,11H,9-10H2,1-4H3,(H,16,17). The number of nitrogens with zero attached hydrogens (tertiary/aromatic N) is 2. The fourth-order valence-corrected chi connectivity index (χ4v) is 1.83. The number of nitrogens with one attached hydrogen (secondary N) is 1. The van der Waals surface area contributed by atoms with Crippen LogP contribution in [0.3, 0.4) is 0 Å². The number of halogens is 1. The molecule has 0 heterocycles. The van der Waals surface area contributed by atoms with E-state index in [0.29, 0.717) is 5.92 Å². The van der Waals surface area contributed by atoms with Crippen molar-refractivity contribution in [3.63, 3.8) is 0 Å². The predicted molar refractivity (Wildman–Crippen MR) is 79.1 cm³/mol. The van der Waals surface area contributed by atoms with Gasteiger partial charge in [0.1, 0.15) is 0 Å². The van der Waals surface area contributed by atoms with Gasteiger partial charge in [-0.1, -0.05) is 43.6 Å². The molecule has 0 spiro atoms. The Morgan fingerprint density at radius 2 is 2.06 bits per heavy atom. The van der Waals surface area contributed by atoms with Crippen LogP contribution in [0.2, 0.25) is 5.02 Å². The molecule has 0 aromatic heterocycles. The average Bonchev–Trinajstić information content (AvgIpc) is 2.32. The molecule has 100 valence electrons. The summed E-state index contributed by atoms with van der Waals surface area (Å²) in [5.74, 6) is 1.49. The Bertz CT molecular complexity index is 402. The van der Waals surface area contributed by atoms with Crippen molar-refractivity contribution in [1.82, 2.24) is 10.2 Å². The lowest BCUT2D eigenvalue weighted by molar-refractivity contribution is 0.468. The van der Waals surface area contributed by atoms with Gasteiger partial charge in [0.05, 0.1) is 0 Å². The van der Waals surface area contributed by atoms with Gasteiger partial charge in [-0.15, -0.1) is 0 Å². The topological polar surface area (TPSA) is 27.6 Å². The SMILES string of the molecule is CN=C(NCC(C)C)N(C)Cc1ccccc1Cl. The first-order valence-corrected chi connectivity index (χ1v) is 6.57. The van der Waals surface area contributed by atoms with Crippen molar-refractivity contribution in [1.29, 1.82) is 0 Å². The first-order chi connectivity index (χ1) is 8.54. The zero-order valence-corrected chi connectivity index (χ0v) is 12.3. The van der Waals surface area contributed by atoms with E-state index in [4.69, 9.17) is 11.6 Å². The molecule has 18 heavy (non-hydrogen) atoms. The first-order valence-electron chi connectivity index (χ1n) is 6.19. The highest BCUT2D eigenvalue weighted by Gasteiger charge is 2.08. The van der Waals surface area contributed by atoms with Crippen molar-refractivity contribution in [3.8, 4) is 0 Å². The zero-order valence-electron chi connectivity index (χ0n) is 11.6. The van der Waals surface area contributed by atoms with Gasteiger partial charge in [0, 0.05) is 32.2 Å². The second-order valence-corrected chi connectivity index (χ2v) is 5.18. The van der Waals surface area contributed by atoms with Crippen LogP contribution in [0.15, 0.2) is 29.3 Å². The molecule has 1 rings (SSSR count). The molecule has 1 N–H and O–H groups in total. The molecular weight excluding hydrogens is 246 g/mol. The summed E-state index contributed by atoms with van der Waals surface area (Å²) in [6.45, 7) is 6.01. The zero-order chi connectivity index (χ0) is 13.5. The van der Waals surface area contributed by atoms with E-state index in [-0.39, 0.29) is 0 Å². The third-order valence-corrected chi connectivity index (χ3v) is 2.98. The maximum Gasteiger partial charge on any atom is 0.193 e. The molecular formula is C14H22ClN3. The lowest BCUT2D eigenvalue weighted by Gasteiger charge is -2.23. The van der Waals surface area contributed by atoms with Gasteiger partial charge in [-0.25, -0.2) is 0 Å². The van der Waals surface area contributed by atoms with Crippen molar-refractivity contribution in [2.24, 2.45) is 10.9 Å². The smallest absolute Gasteiger partial charge is 0.193 e. The summed E-state index contributed by atoms with van der Waals surface area (Å²) >= 11 is 6.16. The minimum Gasteiger partial charge on any atom is -0.356 e. The molecule has 0 aliphatic heterocycles. The molecule has 0 bridgehead atoms. The van der Waals surface area contributed by atoms with Crippen molar-refractivity contribution in [2.45, 2.75) is 20.4 Å². The van der Waals surface area contributed by atoms with Crippen LogP contribution in [0.1, 0.15) is 19.4 Å². The summed E-state index contributed by atoms with van der Waals surface area (Å²) in [4.78, 5) is 6.35. The molecule has 1 aromatic carbocycles. The second kappa shape index (κ2) is 7.27. The Balaban J connectivity index is 2.63. The van der Waals surface area contributed by atoms with Crippen LogP contribution in [0.4, 0.5) is 0 Å². The molecule has 0 fully saturated rings. The van der Waals surface area contributed by atoms with Gasteiger partial charge in [0.2, 0.25) is 0 Å². The second-order valence-electron chi connectivity index (χ2n) is 4.77. The Morgan fingerprint density at radius 3 is 2.61 bits per heavy atom. The monoisotopic (exact) mass is 267 g/mol. The number of benzene rings is 1. The van der Waals surface area contributed by atoms with E-state index in [0.717, 1.165) is 29.6 Å². The number of rotatable bonds is 4. The number of guanidine groups is 1. The molecule has 0 amide bonds. The van der Waals surface area contributed by atoms with E-state index in [2.05, 4.69) is 29.1 Å². The van der Waals surface area contributed by atoms with Gasteiger partial charge in [-0.2, -0.15) is 0 Å². The summed E-state index contributed by atoms with van der Waals surface area (Å²) < 4.78 is 0. The molecule has 0 aliphatic rings. The molecule has 1 aromatic rings. The van der Waals surface area contributed by atoms with Gasteiger partial charge in [0.25, 0.3) is 0 Å². The summed E-state index contributed by atoms with van der Waals surface area (Å²) in [6.07, 6.45) is 0. The fourth-order valence-electron chi connectivity index (χ4n) is 1.64. The average molecular weight is 268 g/mol. The van der Waals surface area contributed by atoms with Crippen molar-refractivity contribution >= 4 is 17.6 Å². The van der Waals surface area contributed by atoms with Crippen LogP contribution in [0, 0.1) is 5.92 Å². The van der Waals surface area contributed by atoms with E-state index in [1.54, 1.807) is 7.05 Å². The third-order valence-electron chi connectivity index (χ3n) is 2.61. The quantitative estimate of drug-likeness (QED) is 0.671. The lowest BCUT2D eigenvalue weighted by atomic mass is 10.2. The van der Waals surface area contributed by atoms with E-state index in [1.165, 1.54) is 0 Å². The van der Waals surface area contributed by atoms with Crippen LogP contribution < -0.4 is 5.32 Å². The largest absolute Gasteiger partial charge is 0.356 e. The van der Waals surface area contributed by atoms with Crippen LogP contribution in [-0.4, -0.2) is 31.5 Å². The maximum absolute atomic E-state index is 6.16. The molecule has 0 radical (unpaired) electrons. The predicted octanol–water partition coefficient (Wildman–Crippen LogP) is 3.00. The summed E-state index contributed by atoms with van der Waals surface area (Å²) in [7, 11) is 3.81. The Hall–Kier alpha value is -1.22. The van der Waals surface area contributed by atoms with Gasteiger partial charge in [-0.3, -0.25) is 4.99 Å². The van der Waals surface area contributed by atoms with Crippen molar-refractivity contribution in [2.75, 3.05) is 20.6 Å². The maximum atomic E-state index is 6.16. The number of hydrogen-bond donors (Lipinski definition) is 1. The molecule has 0 unspecified atom stereocenters. The normalized spacial score (nSPS) is 11.8. The Morgan fingerprint density at radius 1 is 1.39 bits per heavy atom. The molecule has 0 saturated carbocycles. The van der Waals surface area contributed by atoms with Crippen LogP contribution >= 0.6 is 11.6 Å². The summed E-state index contributed by atoms with van der Waals surface area (Å²) in [5.41, 5.74) is 1.11. The van der Waals surface area contributed by atoms with E-state index < -0.39 is 0 Å². The minimum absolute atomic E-state index is 0.593. The van der Waals surface area contributed by atoms with Gasteiger partial charge < -0.3 is 10.2 Å². The van der Waals surface area contributed by atoms with Crippen LogP contribution in [0.25, 0.3) is 0 Å². The van der Waals surface area contributed by atoms with Gasteiger partial charge in [-0.05, 0) is 17.5 Å². The number of aliphatic imine (C=N–C) groups is 1. The van der Waals surface area contributed by atoms with Crippen LogP contribution in [0.5, 0.6) is 0 Å². The van der Waals surface area contributed by atoms with Gasteiger partial charge in [0.15, 0.2) is 5.96 Å². The highest BCUT2D eigenvalue weighted by molar-refractivity contribution is 6.31. The van der Waals surface area contributed by atoms with E-state index in [9.17, 15) is 0 Å². The van der Waals surface area contributed by atoms with Crippen molar-refractivity contribution < 1.29 is 0 Å². The molecule has 0 aliphatic carbocycles. The molecule has 4 heteroatoms. The summed E-state index contributed by atoms with van der Waals surface area (Å²) in [6, 6.07) is 7.89. The highest BCUT2D eigenvalue weighted by atomic mass is 35.5. The Kier molecular flexibility index (Phi) is 5.99. The lowest BCUT2D eigenvalue weighted by Crippen LogP contribution is -2.40. The third kappa shape index (κ3) is 4.57. The Labute approximate surface area is 115 Å².